The molecule has 1 aromatic heterocycles. The van der Waals surface area contributed by atoms with E-state index in [2.05, 4.69) is 15.3 Å². The Hall–Kier alpha value is -1.38. The van der Waals surface area contributed by atoms with E-state index in [1.807, 2.05) is 13.0 Å². The van der Waals surface area contributed by atoms with E-state index in [4.69, 9.17) is 10.00 Å². The van der Waals surface area contributed by atoms with Crippen LogP contribution in [0.2, 0.25) is 0 Å². The van der Waals surface area contributed by atoms with Gasteiger partial charge in [0.15, 0.2) is 0 Å². The van der Waals surface area contributed by atoms with Gasteiger partial charge in [-0.2, -0.15) is 10.2 Å². The molecule has 0 spiro atoms. The van der Waals surface area contributed by atoms with Crippen LogP contribution in [0.3, 0.4) is 0 Å². The van der Waals surface area contributed by atoms with Gasteiger partial charge in [0, 0.05) is 12.6 Å². The Morgan fingerprint density at radius 1 is 1.53 bits per heavy atom. The summed E-state index contributed by atoms with van der Waals surface area (Å²) in [7, 11) is 1.55. The Balaban J connectivity index is 0.00000112. The fourth-order valence-corrected chi connectivity index (χ4v) is 1.62. The standard InChI is InChI=1S/C9H10N4O.ClH/c1-5-8-6(4-11-5)12-7(3-10)13-9(8)14-2;/h5,11H,4H2,1-2H3;1H. The van der Waals surface area contributed by atoms with E-state index in [-0.39, 0.29) is 24.3 Å². The molecule has 6 heteroatoms. The van der Waals surface area contributed by atoms with Crippen LogP contribution in [0.5, 0.6) is 5.88 Å². The number of hydrogen-bond donors (Lipinski definition) is 1. The van der Waals surface area contributed by atoms with Crippen LogP contribution >= 0.6 is 12.4 Å². The van der Waals surface area contributed by atoms with Gasteiger partial charge >= 0.3 is 0 Å². The van der Waals surface area contributed by atoms with Crippen LogP contribution in [0.4, 0.5) is 0 Å². The number of nitrogens with one attached hydrogen (secondary N) is 1. The monoisotopic (exact) mass is 226 g/mol. The molecule has 5 nitrogen and oxygen atoms in total. The van der Waals surface area contributed by atoms with Crippen LogP contribution in [0.1, 0.15) is 30.0 Å². The molecule has 1 aliphatic heterocycles. The molecule has 0 aromatic carbocycles. The maximum absolute atomic E-state index is 8.70. The Morgan fingerprint density at radius 3 is 2.87 bits per heavy atom. The molecule has 2 rings (SSSR count). The van der Waals surface area contributed by atoms with Gasteiger partial charge in [-0.25, -0.2) is 4.98 Å². The van der Waals surface area contributed by atoms with Crippen LogP contribution in [-0.4, -0.2) is 17.1 Å². The first-order valence-corrected chi connectivity index (χ1v) is 4.34. The summed E-state index contributed by atoms with van der Waals surface area (Å²) in [4.78, 5) is 8.11. The Morgan fingerprint density at radius 2 is 2.27 bits per heavy atom. The molecule has 1 aromatic rings. The molecular weight excluding hydrogens is 216 g/mol. The summed E-state index contributed by atoms with van der Waals surface area (Å²) in [6, 6.07) is 2.10. The predicted molar refractivity (Wildman–Crippen MR) is 55.8 cm³/mol. The lowest BCUT2D eigenvalue weighted by molar-refractivity contribution is 0.387. The van der Waals surface area contributed by atoms with E-state index >= 15 is 0 Å². The van der Waals surface area contributed by atoms with E-state index in [1.54, 1.807) is 7.11 Å². The number of nitriles is 1. The highest BCUT2D eigenvalue weighted by Gasteiger charge is 2.25. The zero-order valence-electron chi connectivity index (χ0n) is 8.44. The molecule has 0 aliphatic carbocycles. The van der Waals surface area contributed by atoms with Crippen molar-refractivity contribution in [3.8, 4) is 11.9 Å². The summed E-state index contributed by atoms with van der Waals surface area (Å²) in [6.45, 7) is 2.69. The molecule has 80 valence electrons. The normalized spacial score (nSPS) is 17.5. The number of nitrogens with zero attached hydrogens (tertiary/aromatic N) is 3. The van der Waals surface area contributed by atoms with Crippen molar-refractivity contribution in [1.82, 2.24) is 15.3 Å². The third-order valence-corrected chi connectivity index (χ3v) is 2.29. The fraction of sp³-hybridized carbons (Fsp3) is 0.444. The molecule has 0 bridgehead atoms. The van der Waals surface area contributed by atoms with Gasteiger partial charge in [-0.05, 0) is 6.92 Å². The molecule has 1 atom stereocenters. The van der Waals surface area contributed by atoms with Crippen LogP contribution in [0, 0.1) is 11.3 Å². The van der Waals surface area contributed by atoms with Crippen molar-refractivity contribution in [3.05, 3.63) is 17.1 Å². The minimum Gasteiger partial charge on any atom is -0.481 e. The molecule has 0 saturated heterocycles. The van der Waals surface area contributed by atoms with Gasteiger partial charge < -0.3 is 10.1 Å². The lowest BCUT2D eigenvalue weighted by Gasteiger charge is -2.08. The maximum Gasteiger partial charge on any atom is 0.235 e. The molecule has 15 heavy (non-hydrogen) atoms. The van der Waals surface area contributed by atoms with E-state index in [0.717, 1.165) is 11.3 Å². The largest absolute Gasteiger partial charge is 0.481 e. The molecule has 1 unspecified atom stereocenters. The molecule has 0 fully saturated rings. The quantitative estimate of drug-likeness (QED) is 0.772. The third-order valence-electron chi connectivity index (χ3n) is 2.29. The lowest BCUT2D eigenvalue weighted by Crippen LogP contribution is -2.08. The molecule has 0 amide bonds. The van der Waals surface area contributed by atoms with Crippen molar-refractivity contribution in [3.63, 3.8) is 0 Å². The smallest absolute Gasteiger partial charge is 0.235 e. The van der Waals surface area contributed by atoms with Crippen molar-refractivity contribution < 1.29 is 4.74 Å². The number of rotatable bonds is 1. The summed E-state index contributed by atoms with van der Waals surface area (Å²) in [6.07, 6.45) is 0. The Bertz CT molecular complexity index is 415. The molecule has 1 N–H and O–H groups in total. The lowest BCUT2D eigenvalue weighted by atomic mass is 10.1. The number of hydrogen-bond acceptors (Lipinski definition) is 5. The van der Waals surface area contributed by atoms with Gasteiger partial charge in [0.25, 0.3) is 0 Å². The fourth-order valence-electron chi connectivity index (χ4n) is 1.62. The average molecular weight is 227 g/mol. The first-order valence-electron chi connectivity index (χ1n) is 4.34. The summed E-state index contributed by atoms with van der Waals surface area (Å²) < 4.78 is 5.13. The third kappa shape index (κ3) is 1.87. The van der Waals surface area contributed by atoms with E-state index in [0.29, 0.717) is 12.4 Å². The van der Waals surface area contributed by atoms with Crippen LogP contribution in [0.25, 0.3) is 0 Å². The zero-order chi connectivity index (χ0) is 10.1. The van der Waals surface area contributed by atoms with Gasteiger partial charge in [0.1, 0.15) is 6.07 Å². The summed E-state index contributed by atoms with van der Waals surface area (Å²) in [5.41, 5.74) is 1.83. The van der Waals surface area contributed by atoms with Gasteiger partial charge in [-0.3, -0.25) is 0 Å². The maximum atomic E-state index is 8.70. The van der Waals surface area contributed by atoms with Crippen molar-refractivity contribution in [1.29, 1.82) is 5.26 Å². The van der Waals surface area contributed by atoms with Gasteiger partial charge in [0.2, 0.25) is 11.7 Å². The van der Waals surface area contributed by atoms with Crippen LogP contribution in [-0.2, 0) is 6.54 Å². The topological polar surface area (TPSA) is 70.8 Å². The number of halogens is 1. The summed E-state index contributed by atoms with van der Waals surface area (Å²) in [5.74, 6) is 0.667. The summed E-state index contributed by atoms with van der Waals surface area (Å²) >= 11 is 0. The first-order chi connectivity index (χ1) is 6.76. The highest BCUT2D eigenvalue weighted by atomic mass is 35.5. The molecule has 1 aliphatic rings. The number of aromatic nitrogens is 2. The van der Waals surface area contributed by atoms with Crippen LogP contribution in [0.15, 0.2) is 0 Å². The molecule has 0 saturated carbocycles. The van der Waals surface area contributed by atoms with E-state index < -0.39 is 0 Å². The molecule has 0 radical (unpaired) electrons. The SMILES string of the molecule is COc1nc(C#N)nc2c1C(C)NC2.Cl. The van der Waals surface area contributed by atoms with Gasteiger partial charge in [-0.1, -0.05) is 0 Å². The highest BCUT2D eigenvalue weighted by molar-refractivity contribution is 5.85. The first kappa shape index (κ1) is 11.7. The van der Waals surface area contributed by atoms with Crippen LogP contribution < -0.4 is 10.1 Å². The zero-order valence-corrected chi connectivity index (χ0v) is 9.26. The predicted octanol–water partition coefficient (Wildman–Crippen LogP) is 0.943. The second kappa shape index (κ2) is 4.43. The van der Waals surface area contributed by atoms with Crippen molar-refractivity contribution in [2.45, 2.75) is 19.5 Å². The highest BCUT2D eigenvalue weighted by Crippen LogP contribution is 2.30. The number of methoxy groups -OCH3 is 1. The van der Waals surface area contributed by atoms with E-state index in [9.17, 15) is 0 Å². The average Bonchev–Trinajstić information content (AvgIpc) is 2.59. The molecule has 2 heterocycles. The number of ether oxygens (including phenoxy) is 1. The summed E-state index contributed by atoms with van der Waals surface area (Å²) in [5, 5.41) is 11.9. The second-order valence-corrected chi connectivity index (χ2v) is 3.13. The van der Waals surface area contributed by atoms with Crippen molar-refractivity contribution >= 4 is 12.4 Å². The van der Waals surface area contributed by atoms with Crippen molar-refractivity contribution in [2.75, 3.05) is 7.11 Å². The minimum atomic E-state index is 0. The van der Waals surface area contributed by atoms with Gasteiger partial charge in [0.05, 0.1) is 18.4 Å². The van der Waals surface area contributed by atoms with Crippen molar-refractivity contribution in [2.24, 2.45) is 0 Å². The molecular formula is C9H11ClN4O. The van der Waals surface area contributed by atoms with E-state index in [1.165, 1.54) is 0 Å². The Kier molecular flexibility index (Phi) is 3.45. The Labute approximate surface area is 93.9 Å². The van der Waals surface area contributed by atoms with Gasteiger partial charge in [-0.15, -0.1) is 12.4 Å². The number of fused-ring (bicyclic) bond motifs is 1. The second-order valence-electron chi connectivity index (χ2n) is 3.13. The minimum absolute atomic E-state index is 0.